The summed E-state index contributed by atoms with van der Waals surface area (Å²) in [7, 11) is 0. The molecular weight excluding hydrogens is 344 g/mol. The van der Waals surface area contributed by atoms with Crippen molar-refractivity contribution >= 4 is 17.7 Å². The third-order valence-electron chi connectivity index (χ3n) is 4.79. The quantitative estimate of drug-likeness (QED) is 0.614. The molecule has 0 saturated carbocycles. The maximum atomic E-state index is 12.7. The van der Waals surface area contributed by atoms with Crippen molar-refractivity contribution in [1.29, 1.82) is 0 Å². The molecule has 7 nitrogen and oxygen atoms in total. The number of primary amides is 1. The fraction of sp³-hybridized carbons (Fsp3) is 0.550. The zero-order chi connectivity index (χ0) is 19.8. The Balaban J connectivity index is 1.84. The monoisotopic (exact) mass is 374 g/mol. The molecular formula is C20H30N4O3. The summed E-state index contributed by atoms with van der Waals surface area (Å²) in [6.45, 7) is 5.54. The number of nitrogens with zero attached hydrogens (tertiary/aromatic N) is 1. The van der Waals surface area contributed by atoms with E-state index in [1.807, 2.05) is 49.1 Å². The van der Waals surface area contributed by atoms with Crippen LogP contribution in [-0.2, 0) is 20.8 Å². The molecule has 1 unspecified atom stereocenters. The number of nitrogens with two attached hydrogens (primary N) is 1. The summed E-state index contributed by atoms with van der Waals surface area (Å²) in [5.74, 6) is -0.663. The fourth-order valence-electron chi connectivity index (χ4n) is 3.29. The molecule has 2 rings (SSSR count). The molecule has 1 saturated heterocycles. The summed E-state index contributed by atoms with van der Waals surface area (Å²) in [5, 5.41) is 5.91. The van der Waals surface area contributed by atoms with Gasteiger partial charge in [0, 0.05) is 19.1 Å². The predicted octanol–water partition coefficient (Wildman–Crippen LogP) is 0.436. The van der Waals surface area contributed by atoms with Crippen LogP contribution in [0.1, 0.15) is 32.3 Å². The van der Waals surface area contributed by atoms with Gasteiger partial charge in [-0.1, -0.05) is 44.2 Å². The van der Waals surface area contributed by atoms with E-state index in [1.165, 1.54) is 0 Å². The summed E-state index contributed by atoms with van der Waals surface area (Å²) in [6, 6.07) is 8.95. The first-order chi connectivity index (χ1) is 12.8. The van der Waals surface area contributed by atoms with Crippen molar-refractivity contribution in [2.24, 2.45) is 11.7 Å². The van der Waals surface area contributed by atoms with E-state index in [1.54, 1.807) is 0 Å². The molecule has 4 N–H and O–H groups in total. The number of nitrogens with one attached hydrogen (secondary N) is 2. The van der Waals surface area contributed by atoms with Gasteiger partial charge in [-0.2, -0.15) is 0 Å². The van der Waals surface area contributed by atoms with Crippen molar-refractivity contribution in [2.45, 2.75) is 45.2 Å². The minimum Gasteiger partial charge on any atom is -0.369 e. The highest BCUT2D eigenvalue weighted by atomic mass is 16.2. The van der Waals surface area contributed by atoms with Crippen LogP contribution in [0.25, 0.3) is 0 Å². The number of piperidine rings is 1. The molecule has 0 bridgehead atoms. The zero-order valence-electron chi connectivity index (χ0n) is 16.1. The highest BCUT2D eigenvalue weighted by molar-refractivity contribution is 5.88. The van der Waals surface area contributed by atoms with Crippen LogP contribution in [0.5, 0.6) is 0 Å². The summed E-state index contributed by atoms with van der Waals surface area (Å²) < 4.78 is 0. The van der Waals surface area contributed by atoms with E-state index in [0.717, 1.165) is 31.5 Å². The third kappa shape index (κ3) is 7.02. The maximum absolute atomic E-state index is 12.7. The van der Waals surface area contributed by atoms with Crippen LogP contribution in [0.2, 0.25) is 0 Å². The average molecular weight is 374 g/mol. The number of hydrogen-bond donors (Lipinski definition) is 3. The molecule has 1 atom stereocenters. The molecule has 27 heavy (non-hydrogen) atoms. The van der Waals surface area contributed by atoms with Gasteiger partial charge in [-0.15, -0.1) is 0 Å². The third-order valence-corrected chi connectivity index (χ3v) is 4.79. The Kier molecular flexibility index (Phi) is 7.79. The van der Waals surface area contributed by atoms with E-state index in [-0.39, 0.29) is 42.6 Å². The highest BCUT2D eigenvalue weighted by Crippen LogP contribution is 2.11. The molecule has 1 fully saturated rings. The minimum atomic E-state index is -0.565. The topological polar surface area (TPSA) is 105 Å². The minimum absolute atomic E-state index is 0.0142. The second kappa shape index (κ2) is 10.1. The van der Waals surface area contributed by atoms with Crippen molar-refractivity contribution in [1.82, 2.24) is 15.5 Å². The molecule has 0 radical (unpaired) electrons. The lowest BCUT2D eigenvalue weighted by Crippen LogP contribution is -2.54. The van der Waals surface area contributed by atoms with Gasteiger partial charge in [0.1, 0.15) is 6.04 Å². The van der Waals surface area contributed by atoms with Crippen LogP contribution in [0.15, 0.2) is 30.3 Å². The van der Waals surface area contributed by atoms with Gasteiger partial charge < -0.3 is 16.4 Å². The van der Waals surface area contributed by atoms with Gasteiger partial charge in [0.2, 0.25) is 17.7 Å². The summed E-state index contributed by atoms with van der Waals surface area (Å²) in [6.07, 6.45) is 1.78. The van der Waals surface area contributed by atoms with Crippen LogP contribution in [0, 0.1) is 5.92 Å². The molecule has 1 aromatic carbocycles. The number of carbonyl (C=O) groups is 3. The van der Waals surface area contributed by atoms with Gasteiger partial charge in [0.05, 0.1) is 13.0 Å². The maximum Gasteiger partial charge on any atom is 0.243 e. The Morgan fingerprint density at radius 3 is 2.33 bits per heavy atom. The number of hydrogen-bond acceptors (Lipinski definition) is 4. The number of rotatable bonds is 8. The fourth-order valence-corrected chi connectivity index (χ4v) is 3.29. The largest absolute Gasteiger partial charge is 0.369 e. The van der Waals surface area contributed by atoms with Crippen LogP contribution in [0.3, 0.4) is 0 Å². The number of carbonyl (C=O) groups excluding carboxylic acids is 3. The predicted molar refractivity (Wildman–Crippen MR) is 104 cm³/mol. The lowest BCUT2D eigenvalue weighted by Gasteiger charge is -2.33. The SMILES string of the molecule is CC(C)C(NC(=O)Cc1ccccc1)C(=O)NC1CCN(CC(N)=O)CC1. The molecule has 7 heteroatoms. The van der Waals surface area contributed by atoms with Crippen molar-refractivity contribution in [3.63, 3.8) is 0 Å². The lowest BCUT2D eigenvalue weighted by atomic mass is 10.00. The first-order valence-electron chi connectivity index (χ1n) is 9.49. The number of benzene rings is 1. The zero-order valence-corrected chi connectivity index (χ0v) is 16.1. The van der Waals surface area contributed by atoms with Crippen LogP contribution < -0.4 is 16.4 Å². The lowest BCUT2D eigenvalue weighted by molar-refractivity contribution is -0.130. The standard InChI is InChI=1S/C20H30N4O3/c1-14(2)19(23-18(26)12-15-6-4-3-5-7-15)20(27)22-16-8-10-24(11-9-16)13-17(21)25/h3-7,14,16,19H,8-13H2,1-2H3,(H2,21,25)(H,22,27)(H,23,26). The Labute approximate surface area is 160 Å². The van der Waals surface area contributed by atoms with Gasteiger partial charge in [-0.05, 0) is 24.3 Å². The van der Waals surface area contributed by atoms with Gasteiger partial charge in [-0.25, -0.2) is 0 Å². The van der Waals surface area contributed by atoms with Crippen molar-refractivity contribution < 1.29 is 14.4 Å². The molecule has 0 aliphatic carbocycles. The number of likely N-dealkylation sites (tertiary alicyclic amines) is 1. The van der Waals surface area contributed by atoms with E-state index in [2.05, 4.69) is 10.6 Å². The van der Waals surface area contributed by atoms with Crippen molar-refractivity contribution in [2.75, 3.05) is 19.6 Å². The van der Waals surface area contributed by atoms with Gasteiger partial charge in [0.15, 0.2) is 0 Å². The van der Waals surface area contributed by atoms with Crippen LogP contribution in [0.4, 0.5) is 0 Å². The molecule has 1 aromatic rings. The van der Waals surface area contributed by atoms with Gasteiger partial charge in [0.25, 0.3) is 0 Å². The molecule has 1 heterocycles. The Morgan fingerprint density at radius 1 is 1.15 bits per heavy atom. The first-order valence-corrected chi connectivity index (χ1v) is 9.49. The Hall–Kier alpha value is -2.41. The van der Waals surface area contributed by atoms with Crippen LogP contribution >= 0.6 is 0 Å². The summed E-state index contributed by atoms with van der Waals surface area (Å²) in [4.78, 5) is 38.0. The van der Waals surface area contributed by atoms with E-state index in [9.17, 15) is 14.4 Å². The van der Waals surface area contributed by atoms with Gasteiger partial charge >= 0.3 is 0 Å². The molecule has 3 amide bonds. The van der Waals surface area contributed by atoms with E-state index >= 15 is 0 Å². The molecule has 148 valence electrons. The van der Waals surface area contributed by atoms with E-state index < -0.39 is 6.04 Å². The molecule has 0 spiro atoms. The van der Waals surface area contributed by atoms with Crippen LogP contribution in [-0.4, -0.2) is 54.3 Å². The van der Waals surface area contributed by atoms with E-state index in [4.69, 9.17) is 5.73 Å². The molecule has 0 aromatic heterocycles. The summed E-state index contributed by atoms with van der Waals surface area (Å²) >= 11 is 0. The smallest absolute Gasteiger partial charge is 0.243 e. The van der Waals surface area contributed by atoms with Gasteiger partial charge in [-0.3, -0.25) is 19.3 Å². The molecule has 1 aliphatic heterocycles. The highest BCUT2D eigenvalue weighted by Gasteiger charge is 2.28. The Morgan fingerprint density at radius 2 is 1.78 bits per heavy atom. The second-order valence-corrected chi connectivity index (χ2v) is 7.48. The summed E-state index contributed by atoms with van der Waals surface area (Å²) in [5.41, 5.74) is 6.14. The van der Waals surface area contributed by atoms with Crippen molar-refractivity contribution in [3.05, 3.63) is 35.9 Å². The molecule has 1 aliphatic rings. The second-order valence-electron chi connectivity index (χ2n) is 7.48. The Bertz CT molecular complexity index is 640. The van der Waals surface area contributed by atoms with Crippen molar-refractivity contribution in [3.8, 4) is 0 Å². The first kappa shape index (κ1) is 20.9. The van der Waals surface area contributed by atoms with E-state index in [0.29, 0.717) is 0 Å². The number of amides is 3. The average Bonchev–Trinajstić information content (AvgIpc) is 2.61. The normalized spacial score (nSPS) is 16.7.